The summed E-state index contributed by atoms with van der Waals surface area (Å²) in [6.45, 7) is 0. The number of nitrogens with two attached hydrogens (primary N) is 2. The zero-order valence-electron chi connectivity index (χ0n) is 10.6. The molecule has 7 heteroatoms. The lowest BCUT2D eigenvalue weighted by atomic mass is 10.1. The van der Waals surface area contributed by atoms with Crippen molar-refractivity contribution in [1.82, 2.24) is 9.97 Å². The maximum Gasteiger partial charge on any atom is 0.165 e. The molecule has 106 valence electrons. The van der Waals surface area contributed by atoms with E-state index in [4.69, 9.17) is 11.5 Å². The van der Waals surface area contributed by atoms with Crippen molar-refractivity contribution in [1.29, 1.82) is 0 Å². The van der Waals surface area contributed by atoms with Gasteiger partial charge in [0, 0.05) is 15.9 Å². The lowest BCUT2D eigenvalue weighted by Crippen LogP contribution is -2.01. The summed E-state index contributed by atoms with van der Waals surface area (Å²) in [5, 5.41) is 0.426. The highest BCUT2D eigenvalue weighted by Gasteiger charge is 2.13. The van der Waals surface area contributed by atoms with E-state index in [0.717, 1.165) is 6.07 Å². The van der Waals surface area contributed by atoms with E-state index in [-0.39, 0.29) is 28.4 Å². The van der Waals surface area contributed by atoms with Crippen molar-refractivity contribution in [3.63, 3.8) is 0 Å². The third kappa shape index (κ3) is 2.40. The number of nitrogen functional groups attached to an aromatic ring is 2. The molecule has 3 aromatic rings. The van der Waals surface area contributed by atoms with Crippen LogP contribution in [0.1, 0.15) is 0 Å². The van der Waals surface area contributed by atoms with E-state index in [1.807, 2.05) is 0 Å². The zero-order valence-corrected chi connectivity index (χ0v) is 12.2. The van der Waals surface area contributed by atoms with Crippen molar-refractivity contribution in [2.75, 3.05) is 11.5 Å². The van der Waals surface area contributed by atoms with Crippen LogP contribution >= 0.6 is 15.9 Å². The van der Waals surface area contributed by atoms with Gasteiger partial charge in [0.05, 0.1) is 16.8 Å². The van der Waals surface area contributed by atoms with Crippen molar-refractivity contribution in [3.05, 3.63) is 46.4 Å². The number of aromatic nitrogens is 2. The van der Waals surface area contributed by atoms with Crippen molar-refractivity contribution in [2.24, 2.45) is 0 Å². The van der Waals surface area contributed by atoms with Crippen LogP contribution in [0.3, 0.4) is 0 Å². The SMILES string of the molecule is Nc1cc2c(N)nc(-c3ccc(Br)cc3F)nc2cc1F. The Kier molecular flexibility index (Phi) is 3.21. The van der Waals surface area contributed by atoms with Crippen LogP contribution in [0.2, 0.25) is 0 Å². The minimum Gasteiger partial charge on any atom is -0.396 e. The second kappa shape index (κ2) is 4.92. The molecule has 0 saturated carbocycles. The molecule has 0 unspecified atom stereocenters. The van der Waals surface area contributed by atoms with Crippen LogP contribution < -0.4 is 11.5 Å². The number of hydrogen-bond donors (Lipinski definition) is 2. The first-order valence-corrected chi connectivity index (χ1v) is 6.72. The van der Waals surface area contributed by atoms with E-state index in [1.54, 1.807) is 6.07 Å². The van der Waals surface area contributed by atoms with E-state index in [1.165, 1.54) is 18.2 Å². The molecule has 0 bridgehead atoms. The van der Waals surface area contributed by atoms with Gasteiger partial charge in [0.1, 0.15) is 17.5 Å². The zero-order chi connectivity index (χ0) is 15.1. The maximum atomic E-state index is 14.0. The highest BCUT2D eigenvalue weighted by Crippen LogP contribution is 2.28. The molecule has 0 saturated heterocycles. The van der Waals surface area contributed by atoms with Crippen LogP contribution in [0.4, 0.5) is 20.3 Å². The van der Waals surface area contributed by atoms with Gasteiger partial charge in [-0.2, -0.15) is 0 Å². The second-order valence-electron chi connectivity index (χ2n) is 4.45. The Balaban J connectivity index is 2.27. The Bertz CT molecular complexity index is 867. The van der Waals surface area contributed by atoms with Gasteiger partial charge in [-0.15, -0.1) is 0 Å². The van der Waals surface area contributed by atoms with Gasteiger partial charge < -0.3 is 11.5 Å². The van der Waals surface area contributed by atoms with Crippen LogP contribution in [0.15, 0.2) is 34.8 Å². The van der Waals surface area contributed by atoms with E-state index in [2.05, 4.69) is 25.9 Å². The van der Waals surface area contributed by atoms with Gasteiger partial charge in [-0.05, 0) is 24.3 Å². The molecule has 0 amide bonds. The Labute approximate surface area is 126 Å². The van der Waals surface area contributed by atoms with Crippen molar-refractivity contribution < 1.29 is 8.78 Å². The maximum absolute atomic E-state index is 14.0. The van der Waals surface area contributed by atoms with E-state index in [0.29, 0.717) is 9.86 Å². The Morgan fingerprint density at radius 2 is 1.71 bits per heavy atom. The number of halogens is 3. The molecule has 0 aliphatic heterocycles. The summed E-state index contributed by atoms with van der Waals surface area (Å²) < 4.78 is 28.1. The number of hydrogen-bond acceptors (Lipinski definition) is 4. The molecule has 1 aromatic heterocycles. The largest absolute Gasteiger partial charge is 0.396 e. The van der Waals surface area contributed by atoms with E-state index < -0.39 is 11.6 Å². The summed E-state index contributed by atoms with van der Waals surface area (Å²) in [5.41, 5.74) is 11.7. The summed E-state index contributed by atoms with van der Waals surface area (Å²) in [6, 6.07) is 6.99. The molecule has 21 heavy (non-hydrogen) atoms. The van der Waals surface area contributed by atoms with Gasteiger partial charge in [0.2, 0.25) is 0 Å². The summed E-state index contributed by atoms with van der Waals surface area (Å²) in [5.74, 6) is -0.903. The molecule has 2 aromatic carbocycles. The number of nitrogens with zero attached hydrogens (tertiary/aromatic N) is 2. The van der Waals surface area contributed by atoms with Crippen molar-refractivity contribution >= 4 is 38.3 Å². The number of benzene rings is 2. The molecule has 0 aliphatic rings. The Hall–Kier alpha value is -2.28. The predicted molar refractivity (Wildman–Crippen MR) is 81.4 cm³/mol. The smallest absolute Gasteiger partial charge is 0.165 e. The standard InChI is InChI=1S/C14H9BrF2N4/c15-6-1-2-7(9(16)3-6)14-20-12-5-10(17)11(18)4-8(12)13(19)21-14/h1-5H,18H2,(H2,19,20,21). The predicted octanol–water partition coefficient (Wildman–Crippen LogP) is 3.50. The lowest BCUT2D eigenvalue weighted by molar-refractivity contribution is 0.629. The van der Waals surface area contributed by atoms with Gasteiger partial charge in [0.25, 0.3) is 0 Å². The van der Waals surface area contributed by atoms with Gasteiger partial charge in [0.15, 0.2) is 5.82 Å². The Morgan fingerprint density at radius 1 is 0.952 bits per heavy atom. The average Bonchev–Trinajstić information content (AvgIpc) is 2.41. The Morgan fingerprint density at radius 3 is 2.43 bits per heavy atom. The van der Waals surface area contributed by atoms with E-state index in [9.17, 15) is 8.78 Å². The molecule has 1 heterocycles. The first-order valence-electron chi connectivity index (χ1n) is 5.93. The first-order chi connectivity index (χ1) is 9.95. The molecular formula is C14H9BrF2N4. The fourth-order valence-corrected chi connectivity index (χ4v) is 2.31. The van der Waals surface area contributed by atoms with E-state index >= 15 is 0 Å². The molecule has 4 nitrogen and oxygen atoms in total. The third-order valence-electron chi connectivity index (χ3n) is 3.02. The average molecular weight is 351 g/mol. The minimum absolute atomic E-state index is 0.0413. The second-order valence-corrected chi connectivity index (χ2v) is 5.36. The van der Waals surface area contributed by atoms with Gasteiger partial charge in [-0.3, -0.25) is 0 Å². The molecule has 0 spiro atoms. The van der Waals surface area contributed by atoms with Crippen LogP contribution in [0.25, 0.3) is 22.3 Å². The normalized spacial score (nSPS) is 11.0. The summed E-state index contributed by atoms with van der Waals surface area (Å²) in [6.07, 6.45) is 0. The minimum atomic E-state index is -0.608. The summed E-state index contributed by atoms with van der Waals surface area (Å²) >= 11 is 3.17. The van der Waals surface area contributed by atoms with Gasteiger partial charge in [-0.1, -0.05) is 15.9 Å². The van der Waals surface area contributed by atoms with Gasteiger partial charge in [-0.25, -0.2) is 18.7 Å². The third-order valence-corrected chi connectivity index (χ3v) is 3.51. The van der Waals surface area contributed by atoms with Crippen LogP contribution in [0, 0.1) is 11.6 Å². The highest BCUT2D eigenvalue weighted by atomic mass is 79.9. The first kappa shape index (κ1) is 13.7. The molecule has 0 atom stereocenters. The summed E-state index contributed by atoms with van der Waals surface area (Å²) in [7, 11) is 0. The molecule has 3 rings (SSSR count). The molecule has 0 fully saturated rings. The quantitative estimate of drug-likeness (QED) is 0.658. The molecule has 0 radical (unpaired) electrons. The van der Waals surface area contributed by atoms with Crippen LogP contribution in [-0.4, -0.2) is 9.97 Å². The topological polar surface area (TPSA) is 77.8 Å². The van der Waals surface area contributed by atoms with Gasteiger partial charge >= 0.3 is 0 Å². The molecular weight excluding hydrogens is 342 g/mol. The number of rotatable bonds is 1. The van der Waals surface area contributed by atoms with Crippen molar-refractivity contribution in [2.45, 2.75) is 0 Å². The molecule has 4 N–H and O–H groups in total. The monoisotopic (exact) mass is 350 g/mol. The van der Waals surface area contributed by atoms with Crippen LogP contribution in [-0.2, 0) is 0 Å². The fourth-order valence-electron chi connectivity index (χ4n) is 1.98. The fraction of sp³-hybridized carbons (Fsp3) is 0. The summed E-state index contributed by atoms with van der Waals surface area (Å²) in [4.78, 5) is 8.22. The lowest BCUT2D eigenvalue weighted by Gasteiger charge is -2.08. The van der Waals surface area contributed by atoms with Crippen molar-refractivity contribution in [3.8, 4) is 11.4 Å². The number of anilines is 2. The van der Waals surface area contributed by atoms with Crippen LogP contribution in [0.5, 0.6) is 0 Å². The molecule has 0 aliphatic carbocycles. The highest BCUT2D eigenvalue weighted by molar-refractivity contribution is 9.10. The number of fused-ring (bicyclic) bond motifs is 1.